The van der Waals surface area contributed by atoms with E-state index >= 15 is 0 Å². The van der Waals surface area contributed by atoms with Gasteiger partial charge in [-0.1, -0.05) is 17.7 Å². The molecular weight excluding hydrogens is 254 g/mol. The third-order valence-electron chi connectivity index (χ3n) is 3.71. The van der Waals surface area contributed by atoms with Gasteiger partial charge in [-0.05, 0) is 32.9 Å². The van der Waals surface area contributed by atoms with Gasteiger partial charge in [0, 0.05) is 18.6 Å². The highest BCUT2D eigenvalue weighted by atomic mass is 16.5. The van der Waals surface area contributed by atoms with Crippen molar-refractivity contribution in [3.8, 4) is 5.75 Å². The topological polar surface area (TPSA) is 41.9 Å². The van der Waals surface area contributed by atoms with Crippen molar-refractivity contribution in [1.82, 2.24) is 4.90 Å². The van der Waals surface area contributed by atoms with Crippen molar-refractivity contribution < 1.29 is 14.6 Å². The molecule has 1 N–H and O–H groups in total. The standard InChI is InChI=1S/C16H25NO3/c1-13-4-6-15(7-5-13)20-11-14(18)10-17-8-9-19-12-16(17,2)3/h4-7,14,18H,8-12H2,1-3H3. The molecule has 0 radical (unpaired) electrons. The van der Waals surface area contributed by atoms with Gasteiger partial charge in [-0.2, -0.15) is 0 Å². The summed E-state index contributed by atoms with van der Waals surface area (Å²) in [7, 11) is 0. The smallest absolute Gasteiger partial charge is 0.119 e. The van der Waals surface area contributed by atoms with Crippen molar-refractivity contribution in [2.75, 3.05) is 32.9 Å². The molecule has 1 fully saturated rings. The summed E-state index contributed by atoms with van der Waals surface area (Å²) in [5.74, 6) is 0.802. The van der Waals surface area contributed by atoms with Crippen LogP contribution in [0.5, 0.6) is 5.75 Å². The maximum Gasteiger partial charge on any atom is 0.119 e. The monoisotopic (exact) mass is 279 g/mol. The highest BCUT2D eigenvalue weighted by Gasteiger charge is 2.31. The fraction of sp³-hybridized carbons (Fsp3) is 0.625. The van der Waals surface area contributed by atoms with Crippen LogP contribution in [-0.4, -0.2) is 54.6 Å². The van der Waals surface area contributed by atoms with Crippen LogP contribution in [0.25, 0.3) is 0 Å². The highest BCUT2D eigenvalue weighted by molar-refractivity contribution is 5.26. The lowest BCUT2D eigenvalue weighted by molar-refractivity contribution is -0.0703. The number of hydrogen-bond acceptors (Lipinski definition) is 4. The number of hydrogen-bond donors (Lipinski definition) is 1. The van der Waals surface area contributed by atoms with E-state index in [9.17, 15) is 5.11 Å². The molecular formula is C16H25NO3. The van der Waals surface area contributed by atoms with E-state index in [1.165, 1.54) is 5.56 Å². The van der Waals surface area contributed by atoms with E-state index in [1.54, 1.807) is 0 Å². The van der Waals surface area contributed by atoms with Crippen LogP contribution >= 0.6 is 0 Å². The van der Waals surface area contributed by atoms with Crippen molar-refractivity contribution >= 4 is 0 Å². The summed E-state index contributed by atoms with van der Waals surface area (Å²) in [4.78, 5) is 2.26. The summed E-state index contributed by atoms with van der Waals surface area (Å²) in [5.41, 5.74) is 1.18. The molecule has 0 amide bonds. The molecule has 1 saturated heterocycles. The van der Waals surface area contributed by atoms with Gasteiger partial charge in [0.1, 0.15) is 18.5 Å². The zero-order valence-electron chi connectivity index (χ0n) is 12.6. The van der Waals surface area contributed by atoms with E-state index in [0.29, 0.717) is 19.8 Å². The van der Waals surface area contributed by atoms with Crippen molar-refractivity contribution in [2.24, 2.45) is 0 Å². The van der Waals surface area contributed by atoms with Crippen molar-refractivity contribution in [3.05, 3.63) is 29.8 Å². The molecule has 1 unspecified atom stereocenters. The maximum absolute atomic E-state index is 10.1. The van der Waals surface area contributed by atoms with Gasteiger partial charge in [-0.25, -0.2) is 0 Å². The van der Waals surface area contributed by atoms with Gasteiger partial charge in [-0.15, -0.1) is 0 Å². The predicted octanol–water partition coefficient (Wildman–Crippen LogP) is 1.85. The third kappa shape index (κ3) is 4.20. The molecule has 1 heterocycles. The molecule has 0 aliphatic carbocycles. The zero-order valence-corrected chi connectivity index (χ0v) is 12.6. The van der Waals surface area contributed by atoms with Crippen LogP contribution < -0.4 is 4.74 Å². The average Bonchev–Trinajstić information content (AvgIpc) is 2.40. The lowest BCUT2D eigenvalue weighted by atomic mass is 10.0. The first-order chi connectivity index (χ1) is 9.47. The molecule has 1 aliphatic rings. The molecule has 20 heavy (non-hydrogen) atoms. The quantitative estimate of drug-likeness (QED) is 0.893. The number of β-amino-alcohol motifs (C(OH)–C–C–N with tert-alkyl or cyclic N) is 1. The number of aliphatic hydroxyl groups excluding tert-OH is 1. The molecule has 1 aromatic rings. The molecule has 4 heteroatoms. The Morgan fingerprint density at radius 3 is 2.70 bits per heavy atom. The van der Waals surface area contributed by atoms with Gasteiger partial charge in [0.05, 0.1) is 13.2 Å². The van der Waals surface area contributed by atoms with Gasteiger partial charge in [0.15, 0.2) is 0 Å². The van der Waals surface area contributed by atoms with E-state index in [2.05, 4.69) is 18.7 Å². The molecule has 0 spiro atoms. The Morgan fingerprint density at radius 1 is 1.35 bits per heavy atom. The van der Waals surface area contributed by atoms with Crippen LogP contribution in [0, 0.1) is 6.92 Å². The lowest BCUT2D eigenvalue weighted by Crippen LogP contribution is -2.55. The minimum absolute atomic E-state index is 0.0247. The van der Waals surface area contributed by atoms with Gasteiger partial charge in [0.2, 0.25) is 0 Å². The van der Waals surface area contributed by atoms with Crippen molar-refractivity contribution in [1.29, 1.82) is 0 Å². The fourth-order valence-corrected chi connectivity index (χ4v) is 2.36. The minimum atomic E-state index is -0.492. The largest absolute Gasteiger partial charge is 0.491 e. The van der Waals surface area contributed by atoms with Crippen LogP contribution in [-0.2, 0) is 4.74 Å². The Morgan fingerprint density at radius 2 is 2.05 bits per heavy atom. The average molecular weight is 279 g/mol. The summed E-state index contributed by atoms with van der Waals surface area (Å²) < 4.78 is 11.1. The first-order valence-electron chi connectivity index (χ1n) is 7.18. The molecule has 112 valence electrons. The number of rotatable bonds is 5. The zero-order chi connectivity index (χ0) is 14.6. The number of benzene rings is 1. The Bertz CT molecular complexity index is 416. The van der Waals surface area contributed by atoms with Crippen LogP contribution in [0.4, 0.5) is 0 Å². The number of morpholine rings is 1. The summed E-state index contributed by atoms with van der Waals surface area (Å²) in [6.07, 6.45) is -0.492. The van der Waals surface area contributed by atoms with E-state index < -0.39 is 6.10 Å². The summed E-state index contributed by atoms with van der Waals surface area (Å²) in [6.45, 7) is 9.54. The Labute approximate surface area is 121 Å². The first kappa shape index (κ1) is 15.3. The normalized spacial score (nSPS) is 20.6. The molecule has 4 nitrogen and oxygen atoms in total. The second-order valence-corrected chi connectivity index (χ2v) is 6.09. The summed E-state index contributed by atoms with van der Waals surface area (Å²) in [6, 6.07) is 7.88. The molecule has 0 bridgehead atoms. The first-order valence-corrected chi connectivity index (χ1v) is 7.18. The molecule has 0 saturated carbocycles. The summed E-state index contributed by atoms with van der Waals surface area (Å²) in [5, 5.41) is 10.1. The highest BCUT2D eigenvalue weighted by Crippen LogP contribution is 2.19. The third-order valence-corrected chi connectivity index (χ3v) is 3.71. The number of ether oxygens (including phenoxy) is 2. The number of nitrogens with zero attached hydrogens (tertiary/aromatic N) is 1. The lowest BCUT2D eigenvalue weighted by Gasteiger charge is -2.42. The Hall–Kier alpha value is -1.10. The van der Waals surface area contributed by atoms with Gasteiger partial charge >= 0.3 is 0 Å². The molecule has 1 aliphatic heterocycles. The predicted molar refractivity (Wildman–Crippen MR) is 79.2 cm³/mol. The molecule has 0 aromatic heterocycles. The van der Waals surface area contributed by atoms with Crippen LogP contribution in [0.1, 0.15) is 19.4 Å². The van der Waals surface area contributed by atoms with Crippen LogP contribution in [0.3, 0.4) is 0 Å². The second kappa shape index (κ2) is 6.57. The fourth-order valence-electron chi connectivity index (χ4n) is 2.36. The SMILES string of the molecule is Cc1ccc(OCC(O)CN2CCOCC2(C)C)cc1. The number of aliphatic hydroxyl groups is 1. The van der Waals surface area contributed by atoms with E-state index in [1.807, 2.05) is 31.2 Å². The van der Waals surface area contributed by atoms with E-state index in [0.717, 1.165) is 18.9 Å². The Kier molecular flexibility index (Phi) is 5.02. The van der Waals surface area contributed by atoms with E-state index in [-0.39, 0.29) is 5.54 Å². The minimum Gasteiger partial charge on any atom is -0.491 e. The van der Waals surface area contributed by atoms with Crippen LogP contribution in [0.2, 0.25) is 0 Å². The molecule has 1 atom stereocenters. The van der Waals surface area contributed by atoms with E-state index in [4.69, 9.17) is 9.47 Å². The van der Waals surface area contributed by atoms with Gasteiger partial charge < -0.3 is 14.6 Å². The van der Waals surface area contributed by atoms with Crippen molar-refractivity contribution in [2.45, 2.75) is 32.4 Å². The van der Waals surface area contributed by atoms with Crippen LogP contribution in [0.15, 0.2) is 24.3 Å². The van der Waals surface area contributed by atoms with Gasteiger partial charge in [0.25, 0.3) is 0 Å². The second-order valence-electron chi connectivity index (χ2n) is 6.09. The molecule has 2 rings (SSSR count). The number of aryl methyl sites for hydroxylation is 1. The Balaban J connectivity index is 1.80. The summed E-state index contributed by atoms with van der Waals surface area (Å²) >= 11 is 0. The van der Waals surface area contributed by atoms with Crippen molar-refractivity contribution in [3.63, 3.8) is 0 Å². The van der Waals surface area contributed by atoms with Gasteiger partial charge in [-0.3, -0.25) is 4.90 Å². The molecule has 1 aromatic carbocycles. The maximum atomic E-state index is 10.1.